The topological polar surface area (TPSA) is 39.1 Å². The summed E-state index contributed by atoms with van der Waals surface area (Å²) in [6.45, 7) is 3.96. The number of para-hydroxylation sites is 2. The van der Waals surface area contributed by atoms with Crippen LogP contribution in [0.25, 0.3) is 11.0 Å². The van der Waals surface area contributed by atoms with Crippen molar-refractivity contribution in [2.45, 2.75) is 32.2 Å². The number of likely N-dealkylation sites (N-methyl/N-ethyl adjacent to an activating group) is 1. The van der Waals surface area contributed by atoms with Crippen LogP contribution in [0.2, 0.25) is 0 Å². The molecule has 0 saturated heterocycles. The highest BCUT2D eigenvalue weighted by atomic mass is 16.5. The Balaban J connectivity index is 2.09. The van der Waals surface area contributed by atoms with Crippen molar-refractivity contribution in [2.24, 2.45) is 7.05 Å². The van der Waals surface area contributed by atoms with E-state index in [-0.39, 0.29) is 0 Å². The summed E-state index contributed by atoms with van der Waals surface area (Å²) in [6.07, 6.45) is 3.16. The number of rotatable bonds is 8. The number of ether oxygens (including phenoxy) is 1. The van der Waals surface area contributed by atoms with Gasteiger partial charge in [-0.15, -0.1) is 0 Å². The van der Waals surface area contributed by atoms with Gasteiger partial charge in [0.25, 0.3) is 0 Å². The van der Waals surface area contributed by atoms with Crippen molar-refractivity contribution >= 4 is 11.0 Å². The summed E-state index contributed by atoms with van der Waals surface area (Å²) >= 11 is 0. The molecule has 0 saturated carbocycles. The van der Waals surface area contributed by atoms with Crippen molar-refractivity contribution in [3.63, 3.8) is 0 Å². The summed E-state index contributed by atoms with van der Waals surface area (Å²) in [5, 5.41) is 3.55. The molecule has 0 aliphatic rings. The summed E-state index contributed by atoms with van der Waals surface area (Å²) in [7, 11) is 3.86. The first-order valence-electron chi connectivity index (χ1n) is 7.39. The number of methoxy groups -OCH3 is 1. The van der Waals surface area contributed by atoms with Crippen LogP contribution in [0.4, 0.5) is 0 Å². The molecule has 2 rings (SSSR count). The van der Waals surface area contributed by atoms with Crippen molar-refractivity contribution in [1.29, 1.82) is 0 Å². The SMILES string of the molecule is CCNC(CCCOC)Cc1nc2ccccc2n1C. The number of benzene rings is 1. The molecule has 110 valence electrons. The second-order valence-corrected chi connectivity index (χ2v) is 5.17. The average Bonchev–Trinajstić information content (AvgIpc) is 2.76. The van der Waals surface area contributed by atoms with Gasteiger partial charge in [0.1, 0.15) is 5.82 Å². The fraction of sp³-hybridized carbons (Fsp3) is 0.562. The number of hydrogen-bond donors (Lipinski definition) is 1. The number of hydrogen-bond acceptors (Lipinski definition) is 3. The van der Waals surface area contributed by atoms with Crippen LogP contribution in [0.5, 0.6) is 0 Å². The molecule has 1 unspecified atom stereocenters. The van der Waals surface area contributed by atoms with E-state index in [2.05, 4.69) is 42.1 Å². The van der Waals surface area contributed by atoms with Gasteiger partial charge in [0.15, 0.2) is 0 Å². The number of fused-ring (bicyclic) bond motifs is 1. The number of nitrogens with zero attached hydrogens (tertiary/aromatic N) is 2. The second-order valence-electron chi connectivity index (χ2n) is 5.17. The van der Waals surface area contributed by atoms with Crippen LogP contribution in [0, 0.1) is 0 Å². The predicted molar refractivity (Wildman–Crippen MR) is 83.0 cm³/mol. The maximum atomic E-state index is 5.14. The molecule has 0 amide bonds. The van der Waals surface area contributed by atoms with Crippen molar-refractivity contribution in [2.75, 3.05) is 20.3 Å². The van der Waals surface area contributed by atoms with E-state index in [4.69, 9.17) is 9.72 Å². The zero-order chi connectivity index (χ0) is 14.4. The van der Waals surface area contributed by atoms with E-state index in [0.29, 0.717) is 6.04 Å². The lowest BCUT2D eigenvalue weighted by molar-refractivity contribution is 0.188. The van der Waals surface area contributed by atoms with Gasteiger partial charge in [-0.3, -0.25) is 0 Å². The molecule has 1 heterocycles. The van der Waals surface area contributed by atoms with Gasteiger partial charge < -0.3 is 14.6 Å². The Morgan fingerprint density at radius 2 is 2.15 bits per heavy atom. The minimum atomic E-state index is 0.464. The minimum absolute atomic E-state index is 0.464. The standard InChI is InChI=1S/C16H25N3O/c1-4-17-13(8-7-11-20-3)12-16-18-14-9-5-6-10-15(14)19(16)2/h5-6,9-10,13,17H,4,7-8,11-12H2,1-3H3. The first-order chi connectivity index (χ1) is 9.76. The van der Waals surface area contributed by atoms with Crippen molar-refractivity contribution < 1.29 is 4.74 Å². The molecule has 0 aliphatic carbocycles. The Bertz CT molecular complexity index is 536. The molecule has 2 aromatic rings. The van der Waals surface area contributed by atoms with Crippen LogP contribution in [-0.4, -0.2) is 35.9 Å². The molecule has 4 heteroatoms. The third-order valence-corrected chi connectivity index (χ3v) is 3.70. The molecule has 0 bridgehead atoms. The molecule has 4 nitrogen and oxygen atoms in total. The number of aromatic nitrogens is 2. The lowest BCUT2D eigenvalue weighted by atomic mass is 10.1. The van der Waals surface area contributed by atoms with E-state index < -0.39 is 0 Å². The van der Waals surface area contributed by atoms with E-state index in [1.807, 2.05) is 6.07 Å². The molecule has 0 spiro atoms. The van der Waals surface area contributed by atoms with Gasteiger partial charge in [-0.1, -0.05) is 19.1 Å². The largest absolute Gasteiger partial charge is 0.385 e. The highest BCUT2D eigenvalue weighted by molar-refractivity contribution is 5.75. The minimum Gasteiger partial charge on any atom is -0.385 e. The van der Waals surface area contributed by atoms with E-state index in [9.17, 15) is 0 Å². The fourth-order valence-corrected chi connectivity index (χ4v) is 2.64. The monoisotopic (exact) mass is 275 g/mol. The van der Waals surface area contributed by atoms with Gasteiger partial charge in [0.05, 0.1) is 11.0 Å². The molecule has 20 heavy (non-hydrogen) atoms. The maximum absolute atomic E-state index is 5.14. The van der Waals surface area contributed by atoms with Gasteiger partial charge >= 0.3 is 0 Å². The van der Waals surface area contributed by atoms with E-state index >= 15 is 0 Å². The third kappa shape index (κ3) is 3.58. The predicted octanol–water partition coefficient (Wildman–Crippen LogP) is 2.52. The quantitative estimate of drug-likeness (QED) is 0.752. The molecule has 0 radical (unpaired) electrons. The zero-order valence-corrected chi connectivity index (χ0v) is 12.7. The van der Waals surface area contributed by atoms with Crippen LogP contribution in [0.3, 0.4) is 0 Å². The van der Waals surface area contributed by atoms with Crippen molar-refractivity contribution in [1.82, 2.24) is 14.9 Å². The lowest BCUT2D eigenvalue weighted by Gasteiger charge is -2.17. The molecule has 0 fully saturated rings. The van der Waals surface area contributed by atoms with Crippen molar-refractivity contribution in [3.05, 3.63) is 30.1 Å². The average molecular weight is 275 g/mol. The Labute approximate surface area is 121 Å². The number of nitrogens with one attached hydrogen (secondary N) is 1. The Hall–Kier alpha value is -1.39. The van der Waals surface area contributed by atoms with Gasteiger partial charge in [0, 0.05) is 33.2 Å². The molecular weight excluding hydrogens is 250 g/mol. The Morgan fingerprint density at radius 1 is 1.35 bits per heavy atom. The van der Waals surface area contributed by atoms with Crippen LogP contribution < -0.4 is 5.32 Å². The summed E-state index contributed by atoms with van der Waals surface area (Å²) in [5.74, 6) is 1.15. The second kappa shape index (κ2) is 7.41. The fourth-order valence-electron chi connectivity index (χ4n) is 2.64. The molecule has 0 aliphatic heterocycles. The highest BCUT2D eigenvalue weighted by Crippen LogP contribution is 2.16. The normalized spacial score (nSPS) is 12.9. The third-order valence-electron chi connectivity index (χ3n) is 3.70. The van der Waals surface area contributed by atoms with E-state index in [1.54, 1.807) is 7.11 Å². The van der Waals surface area contributed by atoms with Crippen LogP contribution >= 0.6 is 0 Å². The molecule has 1 aromatic heterocycles. The van der Waals surface area contributed by atoms with Gasteiger partial charge in [-0.05, 0) is 31.5 Å². The van der Waals surface area contributed by atoms with E-state index in [0.717, 1.165) is 43.8 Å². The van der Waals surface area contributed by atoms with Gasteiger partial charge in [-0.2, -0.15) is 0 Å². The smallest absolute Gasteiger partial charge is 0.111 e. The molecular formula is C16H25N3O. The molecule has 1 atom stereocenters. The highest BCUT2D eigenvalue weighted by Gasteiger charge is 2.13. The molecule has 1 aromatic carbocycles. The van der Waals surface area contributed by atoms with E-state index in [1.165, 1.54) is 5.52 Å². The van der Waals surface area contributed by atoms with Crippen LogP contribution in [0.1, 0.15) is 25.6 Å². The summed E-state index contributed by atoms with van der Waals surface area (Å²) in [4.78, 5) is 4.75. The van der Waals surface area contributed by atoms with Crippen LogP contribution in [-0.2, 0) is 18.2 Å². The lowest BCUT2D eigenvalue weighted by Crippen LogP contribution is -2.32. The number of imidazole rings is 1. The summed E-state index contributed by atoms with van der Waals surface area (Å²) < 4.78 is 7.35. The zero-order valence-electron chi connectivity index (χ0n) is 12.7. The van der Waals surface area contributed by atoms with Crippen LogP contribution in [0.15, 0.2) is 24.3 Å². The molecule has 1 N–H and O–H groups in total. The number of aryl methyl sites for hydroxylation is 1. The maximum Gasteiger partial charge on any atom is 0.111 e. The summed E-state index contributed by atoms with van der Waals surface area (Å²) in [6, 6.07) is 8.77. The van der Waals surface area contributed by atoms with Gasteiger partial charge in [0.2, 0.25) is 0 Å². The Morgan fingerprint density at radius 3 is 2.85 bits per heavy atom. The first-order valence-corrected chi connectivity index (χ1v) is 7.39. The summed E-state index contributed by atoms with van der Waals surface area (Å²) in [5.41, 5.74) is 2.28. The van der Waals surface area contributed by atoms with Crippen molar-refractivity contribution in [3.8, 4) is 0 Å². The van der Waals surface area contributed by atoms with Gasteiger partial charge in [-0.25, -0.2) is 4.98 Å². The first kappa shape index (κ1) is 15.0. The Kier molecular flexibility index (Phi) is 5.56.